The second kappa shape index (κ2) is 10.0. The van der Waals surface area contributed by atoms with Crippen LogP contribution in [-0.4, -0.2) is 40.3 Å². The fraction of sp³-hybridized carbons (Fsp3) is 0.238. The number of para-hydroxylation sites is 1. The molecule has 2 aromatic carbocycles. The van der Waals surface area contributed by atoms with E-state index in [9.17, 15) is 14.0 Å². The molecule has 0 unspecified atom stereocenters. The number of aromatic nitrogens is 2. The molecule has 1 aromatic heterocycles. The molecule has 0 spiro atoms. The lowest BCUT2D eigenvalue weighted by molar-refractivity contribution is -0.116. The Balaban J connectivity index is 1.51. The van der Waals surface area contributed by atoms with Gasteiger partial charge in [-0.1, -0.05) is 17.3 Å². The number of rotatable bonds is 7. The second-order valence-electron chi connectivity index (χ2n) is 6.68. The van der Waals surface area contributed by atoms with E-state index < -0.39 is 0 Å². The van der Waals surface area contributed by atoms with Crippen molar-refractivity contribution in [3.8, 4) is 11.4 Å². The van der Waals surface area contributed by atoms with E-state index in [1.807, 2.05) is 6.07 Å². The smallest absolute Gasteiger partial charge is 0.286 e. The van der Waals surface area contributed by atoms with Crippen LogP contribution in [0.25, 0.3) is 11.4 Å². The Morgan fingerprint density at radius 3 is 2.60 bits per heavy atom. The van der Waals surface area contributed by atoms with E-state index in [4.69, 9.17) is 4.52 Å². The van der Waals surface area contributed by atoms with Crippen LogP contribution in [0.1, 0.15) is 18.7 Å². The molecule has 156 valence electrons. The van der Waals surface area contributed by atoms with Crippen LogP contribution < -0.4 is 5.32 Å². The summed E-state index contributed by atoms with van der Waals surface area (Å²) in [6, 6.07) is 13.0. The van der Waals surface area contributed by atoms with Crippen molar-refractivity contribution in [3.05, 3.63) is 60.2 Å². The van der Waals surface area contributed by atoms with Crippen molar-refractivity contribution >= 4 is 28.6 Å². The van der Waals surface area contributed by atoms with Gasteiger partial charge in [-0.05, 0) is 54.6 Å². The average molecular weight is 428 g/mol. The summed E-state index contributed by atoms with van der Waals surface area (Å²) < 4.78 is 18.2. The molecule has 0 saturated carbocycles. The summed E-state index contributed by atoms with van der Waals surface area (Å²) in [5.41, 5.74) is 1.25. The lowest BCUT2D eigenvalue weighted by atomic mass is 10.2. The summed E-state index contributed by atoms with van der Waals surface area (Å²) >= 11 is 1.06. The molecule has 0 radical (unpaired) electrons. The van der Waals surface area contributed by atoms with Crippen LogP contribution in [0.4, 0.5) is 14.9 Å². The Labute approximate surface area is 177 Å². The van der Waals surface area contributed by atoms with Crippen LogP contribution in [0.15, 0.2) is 57.9 Å². The number of hydrogen-bond donors (Lipinski definition) is 1. The summed E-state index contributed by atoms with van der Waals surface area (Å²) in [7, 11) is 3.35. The first-order chi connectivity index (χ1) is 14.4. The van der Waals surface area contributed by atoms with Gasteiger partial charge in [0.05, 0.1) is 5.69 Å². The number of hydrogen-bond acceptors (Lipinski definition) is 6. The van der Waals surface area contributed by atoms with Crippen LogP contribution in [0.2, 0.25) is 0 Å². The Morgan fingerprint density at radius 2 is 1.87 bits per heavy atom. The minimum absolute atomic E-state index is 0.120. The number of anilines is 1. The first kappa shape index (κ1) is 21.5. The van der Waals surface area contributed by atoms with E-state index in [1.165, 1.54) is 17.0 Å². The number of thioether (sulfide) groups is 1. The first-order valence-electron chi connectivity index (χ1n) is 9.29. The van der Waals surface area contributed by atoms with Crippen molar-refractivity contribution in [2.24, 2.45) is 0 Å². The molecule has 0 saturated heterocycles. The molecule has 0 bridgehead atoms. The zero-order valence-electron chi connectivity index (χ0n) is 16.6. The molecule has 0 aliphatic heterocycles. The minimum atomic E-state index is -0.334. The van der Waals surface area contributed by atoms with Gasteiger partial charge in [0.15, 0.2) is 0 Å². The molecule has 1 heterocycles. The summed E-state index contributed by atoms with van der Waals surface area (Å²) in [4.78, 5) is 30.7. The molecule has 0 fully saturated rings. The van der Waals surface area contributed by atoms with E-state index in [-0.39, 0.29) is 23.4 Å². The predicted octanol–water partition coefficient (Wildman–Crippen LogP) is 4.61. The highest BCUT2D eigenvalue weighted by atomic mass is 32.2. The van der Waals surface area contributed by atoms with Gasteiger partial charge in [0.2, 0.25) is 17.6 Å². The molecule has 30 heavy (non-hydrogen) atoms. The van der Waals surface area contributed by atoms with Gasteiger partial charge >= 0.3 is 0 Å². The first-order valence-corrected chi connectivity index (χ1v) is 10.1. The molecule has 7 nitrogen and oxygen atoms in total. The van der Waals surface area contributed by atoms with E-state index in [2.05, 4.69) is 15.5 Å². The Kier molecular flexibility index (Phi) is 7.18. The maximum atomic E-state index is 13.0. The number of halogens is 1. The topological polar surface area (TPSA) is 88.3 Å². The van der Waals surface area contributed by atoms with Gasteiger partial charge in [-0.25, -0.2) is 4.39 Å². The quantitative estimate of drug-likeness (QED) is 0.553. The lowest BCUT2D eigenvalue weighted by Crippen LogP contribution is -2.17. The highest BCUT2D eigenvalue weighted by Gasteiger charge is 2.13. The molecule has 0 aliphatic carbocycles. The van der Waals surface area contributed by atoms with Crippen molar-refractivity contribution in [2.75, 3.05) is 19.4 Å². The van der Waals surface area contributed by atoms with Crippen molar-refractivity contribution in [1.82, 2.24) is 15.0 Å². The Bertz CT molecular complexity index is 1020. The largest absolute Gasteiger partial charge is 0.339 e. The number of nitrogens with one attached hydrogen (secondary N) is 1. The number of nitrogens with zero attached hydrogens (tertiary/aromatic N) is 3. The fourth-order valence-electron chi connectivity index (χ4n) is 2.53. The van der Waals surface area contributed by atoms with Gasteiger partial charge in [0, 0.05) is 37.4 Å². The van der Waals surface area contributed by atoms with Crippen molar-refractivity contribution < 1.29 is 18.5 Å². The second-order valence-corrected chi connectivity index (χ2v) is 7.67. The van der Waals surface area contributed by atoms with Crippen LogP contribution in [0, 0.1) is 5.82 Å². The summed E-state index contributed by atoms with van der Waals surface area (Å²) in [5.74, 6) is 0.291. The molecule has 0 aliphatic rings. The van der Waals surface area contributed by atoms with Gasteiger partial charge in [-0.3, -0.25) is 9.59 Å². The average Bonchev–Trinajstić information content (AvgIpc) is 3.18. The third-order valence-corrected chi connectivity index (χ3v) is 5.20. The van der Waals surface area contributed by atoms with Gasteiger partial charge in [0.25, 0.3) is 5.24 Å². The lowest BCUT2D eigenvalue weighted by Gasteiger charge is -2.13. The van der Waals surface area contributed by atoms with Crippen LogP contribution >= 0.6 is 11.8 Å². The maximum Gasteiger partial charge on any atom is 0.286 e. The third-order valence-electron chi connectivity index (χ3n) is 4.09. The zero-order chi connectivity index (χ0) is 21.5. The van der Waals surface area contributed by atoms with Crippen LogP contribution in [0.3, 0.4) is 0 Å². The van der Waals surface area contributed by atoms with E-state index in [0.29, 0.717) is 40.7 Å². The molecule has 0 atom stereocenters. The Hall–Kier alpha value is -3.20. The molecule has 9 heteroatoms. The summed E-state index contributed by atoms with van der Waals surface area (Å²) in [6.45, 7) is 0. The summed E-state index contributed by atoms with van der Waals surface area (Å²) in [6.07, 6.45) is 1.22. The molecule has 3 aromatic rings. The Morgan fingerprint density at radius 1 is 1.13 bits per heavy atom. The molecular weight excluding hydrogens is 407 g/mol. The third kappa shape index (κ3) is 5.90. The van der Waals surface area contributed by atoms with Gasteiger partial charge in [-0.2, -0.15) is 4.98 Å². The highest BCUT2D eigenvalue weighted by Crippen LogP contribution is 2.28. The number of carbonyl (C=O) groups is 2. The monoisotopic (exact) mass is 428 g/mol. The maximum absolute atomic E-state index is 13.0. The molecule has 3 rings (SSSR count). The highest BCUT2D eigenvalue weighted by molar-refractivity contribution is 8.13. The number of aryl methyl sites for hydroxylation is 1. The SMILES string of the molecule is CN(C)C(=O)Sc1ccccc1NC(=O)CCCc1nc(-c2ccc(F)cc2)no1. The standard InChI is InChI=1S/C21H21FN4O3S/c1-26(2)21(28)30-17-7-4-3-6-16(17)23-18(27)8-5-9-19-24-20(25-29-19)14-10-12-15(22)13-11-14/h3-4,6-7,10-13H,5,8-9H2,1-2H3,(H,23,27). The molecule has 2 amide bonds. The number of benzene rings is 2. The van der Waals surface area contributed by atoms with Gasteiger partial charge in [-0.15, -0.1) is 0 Å². The zero-order valence-corrected chi connectivity index (χ0v) is 17.4. The molecular formula is C21H21FN4O3S. The predicted molar refractivity (Wildman–Crippen MR) is 113 cm³/mol. The van der Waals surface area contributed by atoms with E-state index >= 15 is 0 Å². The van der Waals surface area contributed by atoms with Crippen molar-refractivity contribution in [2.45, 2.75) is 24.2 Å². The van der Waals surface area contributed by atoms with Crippen LogP contribution in [0.5, 0.6) is 0 Å². The molecule has 1 N–H and O–H groups in total. The summed E-state index contributed by atoms with van der Waals surface area (Å²) in [5, 5.41) is 6.61. The van der Waals surface area contributed by atoms with Gasteiger partial charge in [0.1, 0.15) is 5.82 Å². The number of carbonyl (C=O) groups excluding carboxylic acids is 2. The van der Waals surface area contributed by atoms with Gasteiger partial charge < -0.3 is 14.7 Å². The normalized spacial score (nSPS) is 10.6. The van der Waals surface area contributed by atoms with Crippen LogP contribution in [-0.2, 0) is 11.2 Å². The van der Waals surface area contributed by atoms with E-state index in [0.717, 1.165) is 11.8 Å². The number of amides is 2. The fourth-order valence-corrected chi connectivity index (χ4v) is 3.28. The minimum Gasteiger partial charge on any atom is -0.339 e. The van der Waals surface area contributed by atoms with E-state index in [1.54, 1.807) is 44.4 Å². The van der Waals surface area contributed by atoms with Crippen molar-refractivity contribution in [1.29, 1.82) is 0 Å². The van der Waals surface area contributed by atoms with Crippen molar-refractivity contribution in [3.63, 3.8) is 0 Å².